The third-order valence-electron chi connectivity index (χ3n) is 8.63. The first kappa shape index (κ1) is 23.1. The average Bonchev–Trinajstić information content (AvgIpc) is 2.81. The van der Waals surface area contributed by atoms with Gasteiger partial charge in [-0.1, -0.05) is 38.7 Å². The molecule has 1 aliphatic heterocycles. The van der Waals surface area contributed by atoms with Gasteiger partial charge in [-0.25, -0.2) is 4.39 Å². The molecular formula is C28H43FO2. The Kier molecular flexibility index (Phi) is 8.31. The van der Waals surface area contributed by atoms with Crippen molar-refractivity contribution < 1.29 is 13.9 Å². The third-order valence-corrected chi connectivity index (χ3v) is 8.63. The van der Waals surface area contributed by atoms with Crippen LogP contribution in [-0.4, -0.2) is 19.3 Å². The molecule has 1 heterocycles. The zero-order chi connectivity index (χ0) is 21.6. The summed E-state index contributed by atoms with van der Waals surface area (Å²) in [7, 11) is 0. The van der Waals surface area contributed by atoms with Gasteiger partial charge in [0, 0.05) is 12.0 Å². The summed E-state index contributed by atoms with van der Waals surface area (Å²) in [5.74, 6) is 4.35. The number of hydrogen-bond donors (Lipinski definition) is 0. The Labute approximate surface area is 189 Å². The van der Waals surface area contributed by atoms with E-state index in [1.165, 1.54) is 70.3 Å². The SMILES string of the molecule is CCCC1CCC(C2CCC(C3CCC(c4ccc(OCC)cc4F)CO3)CC2)CC1. The molecule has 0 spiro atoms. The number of ether oxygens (including phenoxy) is 2. The molecule has 0 amide bonds. The summed E-state index contributed by atoms with van der Waals surface area (Å²) in [6.45, 7) is 5.48. The molecule has 174 valence electrons. The normalized spacial score (nSPS) is 34.4. The molecule has 3 heteroatoms. The van der Waals surface area contributed by atoms with E-state index in [-0.39, 0.29) is 11.7 Å². The Balaban J connectivity index is 1.21. The van der Waals surface area contributed by atoms with Crippen LogP contribution >= 0.6 is 0 Å². The molecule has 2 unspecified atom stereocenters. The molecule has 0 aromatic heterocycles. The highest BCUT2D eigenvalue weighted by atomic mass is 19.1. The monoisotopic (exact) mass is 430 g/mol. The minimum absolute atomic E-state index is 0.146. The molecule has 2 atom stereocenters. The maximum Gasteiger partial charge on any atom is 0.130 e. The van der Waals surface area contributed by atoms with E-state index in [0.29, 0.717) is 25.1 Å². The summed E-state index contributed by atoms with van der Waals surface area (Å²) in [4.78, 5) is 0. The van der Waals surface area contributed by atoms with E-state index < -0.39 is 0 Å². The van der Waals surface area contributed by atoms with Crippen molar-refractivity contribution in [3.8, 4) is 5.75 Å². The van der Waals surface area contributed by atoms with Crippen molar-refractivity contribution in [1.29, 1.82) is 0 Å². The zero-order valence-electron chi connectivity index (χ0n) is 19.8. The molecule has 2 saturated carbocycles. The van der Waals surface area contributed by atoms with E-state index >= 15 is 0 Å². The standard InChI is InChI=1S/C28H43FO2/c1-3-5-20-6-8-21(9-7-20)22-10-12-23(13-11-22)28-17-14-24(19-31-28)26-16-15-25(30-4-2)18-27(26)29/h15-16,18,20-24,28H,3-14,17,19H2,1-2H3. The van der Waals surface area contributed by atoms with Crippen LogP contribution in [0.25, 0.3) is 0 Å². The second-order valence-corrected chi connectivity index (χ2v) is 10.5. The summed E-state index contributed by atoms with van der Waals surface area (Å²) in [6.07, 6.45) is 16.7. The Bertz CT molecular complexity index is 666. The van der Waals surface area contributed by atoms with Gasteiger partial charge in [0.1, 0.15) is 11.6 Å². The van der Waals surface area contributed by atoms with Gasteiger partial charge < -0.3 is 9.47 Å². The summed E-state index contributed by atoms with van der Waals surface area (Å²) >= 11 is 0. The highest BCUT2D eigenvalue weighted by Gasteiger charge is 2.35. The molecule has 0 bridgehead atoms. The van der Waals surface area contributed by atoms with Crippen LogP contribution in [0.2, 0.25) is 0 Å². The van der Waals surface area contributed by atoms with Crippen LogP contribution in [0.5, 0.6) is 5.75 Å². The Morgan fingerprint density at radius 3 is 2.13 bits per heavy atom. The largest absolute Gasteiger partial charge is 0.494 e. The molecule has 0 N–H and O–H groups in total. The van der Waals surface area contributed by atoms with Crippen molar-refractivity contribution >= 4 is 0 Å². The minimum atomic E-state index is -0.146. The molecular weight excluding hydrogens is 387 g/mol. The minimum Gasteiger partial charge on any atom is -0.494 e. The number of benzene rings is 1. The average molecular weight is 431 g/mol. The molecule has 31 heavy (non-hydrogen) atoms. The highest BCUT2D eigenvalue weighted by molar-refractivity contribution is 5.31. The second-order valence-electron chi connectivity index (χ2n) is 10.5. The predicted octanol–water partition coefficient (Wildman–Crippen LogP) is 7.90. The van der Waals surface area contributed by atoms with E-state index in [1.54, 1.807) is 0 Å². The molecule has 1 aromatic carbocycles. The van der Waals surface area contributed by atoms with Crippen molar-refractivity contribution in [3.63, 3.8) is 0 Å². The third kappa shape index (κ3) is 5.83. The number of rotatable bonds is 7. The van der Waals surface area contributed by atoms with Gasteiger partial charge in [0.15, 0.2) is 0 Å². The fourth-order valence-electron chi connectivity index (χ4n) is 6.83. The van der Waals surface area contributed by atoms with Crippen LogP contribution in [-0.2, 0) is 4.74 Å². The number of hydrogen-bond acceptors (Lipinski definition) is 2. The van der Waals surface area contributed by atoms with Gasteiger partial charge in [0.05, 0.1) is 19.3 Å². The first-order valence-corrected chi connectivity index (χ1v) is 13.2. The lowest BCUT2D eigenvalue weighted by Gasteiger charge is -2.41. The topological polar surface area (TPSA) is 18.5 Å². The molecule has 1 aromatic rings. The molecule has 1 saturated heterocycles. The Morgan fingerprint density at radius 1 is 0.871 bits per heavy atom. The first-order valence-electron chi connectivity index (χ1n) is 13.2. The van der Waals surface area contributed by atoms with Gasteiger partial charge in [-0.05, 0) is 93.6 Å². The van der Waals surface area contributed by atoms with E-state index in [2.05, 4.69) is 6.92 Å². The lowest BCUT2D eigenvalue weighted by atomic mass is 9.67. The van der Waals surface area contributed by atoms with Crippen LogP contribution < -0.4 is 4.74 Å². The molecule has 3 fully saturated rings. The summed E-state index contributed by atoms with van der Waals surface area (Å²) in [5.41, 5.74) is 0.796. The Hall–Kier alpha value is -1.09. The smallest absolute Gasteiger partial charge is 0.130 e. The van der Waals surface area contributed by atoms with Gasteiger partial charge in [0.2, 0.25) is 0 Å². The van der Waals surface area contributed by atoms with Crippen LogP contribution in [0, 0.1) is 29.5 Å². The van der Waals surface area contributed by atoms with Crippen molar-refractivity contribution in [3.05, 3.63) is 29.6 Å². The van der Waals surface area contributed by atoms with Gasteiger partial charge >= 0.3 is 0 Å². The van der Waals surface area contributed by atoms with Crippen molar-refractivity contribution in [1.82, 2.24) is 0 Å². The quantitative estimate of drug-likeness (QED) is 0.438. The van der Waals surface area contributed by atoms with Crippen molar-refractivity contribution in [2.24, 2.45) is 23.7 Å². The first-order chi connectivity index (χ1) is 15.2. The molecule has 3 aliphatic rings. The molecule has 4 rings (SSSR count). The van der Waals surface area contributed by atoms with E-state index in [4.69, 9.17) is 9.47 Å². The molecule has 0 radical (unpaired) electrons. The van der Waals surface area contributed by atoms with Gasteiger partial charge in [-0.15, -0.1) is 0 Å². The van der Waals surface area contributed by atoms with Crippen LogP contribution in [0.1, 0.15) is 102 Å². The van der Waals surface area contributed by atoms with E-state index in [9.17, 15) is 4.39 Å². The molecule has 2 nitrogen and oxygen atoms in total. The predicted molar refractivity (Wildman–Crippen MR) is 125 cm³/mol. The Morgan fingerprint density at radius 2 is 1.55 bits per heavy atom. The number of halogens is 1. The van der Waals surface area contributed by atoms with Gasteiger partial charge in [0.25, 0.3) is 0 Å². The fourth-order valence-corrected chi connectivity index (χ4v) is 6.83. The summed E-state index contributed by atoms with van der Waals surface area (Å²) < 4.78 is 26.3. The fraction of sp³-hybridized carbons (Fsp3) is 0.786. The maximum absolute atomic E-state index is 14.6. The lowest BCUT2D eigenvalue weighted by molar-refractivity contribution is -0.0468. The van der Waals surface area contributed by atoms with Crippen LogP contribution in [0.3, 0.4) is 0 Å². The summed E-state index contributed by atoms with van der Waals surface area (Å²) in [6, 6.07) is 5.32. The zero-order valence-corrected chi connectivity index (χ0v) is 19.8. The van der Waals surface area contributed by atoms with Crippen LogP contribution in [0.15, 0.2) is 18.2 Å². The summed E-state index contributed by atoms with van der Waals surface area (Å²) in [5, 5.41) is 0. The van der Waals surface area contributed by atoms with Crippen molar-refractivity contribution in [2.75, 3.05) is 13.2 Å². The van der Waals surface area contributed by atoms with Gasteiger partial charge in [-0.2, -0.15) is 0 Å². The van der Waals surface area contributed by atoms with E-state index in [0.717, 1.165) is 42.1 Å². The molecule has 2 aliphatic carbocycles. The van der Waals surface area contributed by atoms with Crippen LogP contribution in [0.4, 0.5) is 4.39 Å². The lowest BCUT2D eigenvalue weighted by Crippen LogP contribution is -2.35. The highest BCUT2D eigenvalue weighted by Crippen LogP contribution is 2.44. The maximum atomic E-state index is 14.6. The van der Waals surface area contributed by atoms with Crippen molar-refractivity contribution in [2.45, 2.75) is 103 Å². The van der Waals surface area contributed by atoms with Gasteiger partial charge in [-0.3, -0.25) is 0 Å². The van der Waals surface area contributed by atoms with E-state index in [1.807, 2.05) is 19.1 Å². The second kappa shape index (κ2) is 11.2.